The van der Waals surface area contributed by atoms with Crippen molar-refractivity contribution in [2.24, 2.45) is 7.05 Å². The number of aryl methyl sites for hydroxylation is 1. The third kappa shape index (κ3) is 2.30. The molecule has 0 aliphatic rings. The molecule has 2 rings (SSSR count). The Labute approximate surface area is 98.9 Å². The van der Waals surface area contributed by atoms with Gasteiger partial charge < -0.3 is 4.42 Å². The number of aromatic nitrogens is 4. The standard InChI is InChI=1S/C11H16N4O2/c1-11(2,3)8-5-12-9(17-8)6-15-10(16)14(4)7-13-15/h5,7H,6H2,1-4H3. The highest BCUT2D eigenvalue weighted by molar-refractivity contribution is 5.06. The van der Waals surface area contributed by atoms with E-state index in [2.05, 4.69) is 10.1 Å². The number of hydrogen-bond acceptors (Lipinski definition) is 4. The van der Waals surface area contributed by atoms with Crippen molar-refractivity contribution in [3.63, 3.8) is 0 Å². The van der Waals surface area contributed by atoms with Crippen LogP contribution in [0.2, 0.25) is 0 Å². The highest BCUT2D eigenvalue weighted by Gasteiger charge is 2.19. The van der Waals surface area contributed by atoms with Gasteiger partial charge in [0, 0.05) is 12.5 Å². The van der Waals surface area contributed by atoms with E-state index in [0.717, 1.165) is 5.76 Å². The van der Waals surface area contributed by atoms with Crippen LogP contribution in [0.3, 0.4) is 0 Å². The molecule has 2 heterocycles. The Balaban J connectivity index is 2.23. The summed E-state index contributed by atoms with van der Waals surface area (Å²) in [7, 11) is 1.65. The molecule has 92 valence electrons. The summed E-state index contributed by atoms with van der Waals surface area (Å²) < 4.78 is 8.32. The lowest BCUT2D eigenvalue weighted by Crippen LogP contribution is -2.23. The molecule has 0 unspecified atom stereocenters. The Morgan fingerprint density at radius 1 is 1.41 bits per heavy atom. The zero-order valence-corrected chi connectivity index (χ0v) is 10.5. The van der Waals surface area contributed by atoms with Crippen molar-refractivity contribution in [1.29, 1.82) is 0 Å². The number of nitrogens with zero attached hydrogens (tertiary/aromatic N) is 4. The molecule has 0 aromatic carbocycles. The van der Waals surface area contributed by atoms with Crippen LogP contribution in [-0.2, 0) is 19.0 Å². The summed E-state index contributed by atoms with van der Waals surface area (Å²) in [6, 6.07) is 0. The fourth-order valence-corrected chi connectivity index (χ4v) is 1.39. The Morgan fingerprint density at radius 2 is 2.12 bits per heavy atom. The van der Waals surface area contributed by atoms with Crippen LogP contribution in [0.4, 0.5) is 0 Å². The second-order valence-electron chi connectivity index (χ2n) is 5.05. The van der Waals surface area contributed by atoms with Crippen LogP contribution in [0.15, 0.2) is 21.7 Å². The van der Waals surface area contributed by atoms with E-state index >= 15 is 0 Å². The van der Waals surface area contributed by atoms with Gasteiger partial charge >= 0.3 is 5.69 Å². The lowest BCUT2D eigenvalue weighted by atomic mass is 9.94. The first-order chi connectivity index (χ1) is 7.88. The van der Waals surface area contributed by atoms with Crippen molar-refractivity contribution in [2.75, 3.05) is 0 Å². The molecule has 17 heavy (non-hydrogen) atoms. The molecule has 6 nitrogen and oxygen atoms in total. The summed E-state index contributed by atoms with van der Waals surface area (Å²) in [5, 5.41) is 3.95. The van der Waals surface area contributed by atoms with Gasteiger partial charge in [-0.3, -0.25) is 4.57 Å². The van der Waals surface area contributed by atoms with Gasteiger partial charge in [0.25, 0.3) is 0 Å². The molecule has 6 heteroatoms. The van der Waals surface area contributed by atoms with Gasteiger partial charge in [-0.1, -0.05) is 20.8 Å². The zero-order chi connectivity index (χ0) is 12.6. The fraction of sp³-hybridized carbons (Fsp3) is 0.545. The average molecular weight is 236 g/mol. The SMILES string of the molecule is Cn1cnn(Cc2ncc(C(C)(C)C)o2)c1=O. The molecule has 0 fully saturated rings. The molecule has 0 atom stereocenters. The van der Waals surface area contributed by atoms with Crippen LogP contribution in [0.25, 0.3) is 0 Å². The predicted octanol–water partition coefficient (Wildman–Crippen LogP) is 0.916. The van der Waals surface area contributed by atoms with E-state index in [1.807, 2.05) is 20.8 Å². The summed E-state index contributed by atoms with van der Waals surface area (Å²) >= 11 is 0. The number of oxazole rings is 1. The fourth-order valence-electron chi connectivity index (χ4n) is 1.39. The Morgan fingerprint density at radius 3 is 2.59 bits per heavy atom. The third-order valence-electron chi connectivity index (χ3n) is 2.46. The van der Waals surface area contributed by atoms with Gasteiger partial charge in [0.15, 0.2) is 0 Å². The van der Waals surface area contributed by atoms with Gasteiger partial charge in [0.05, 0.1) is 6.20 Å². The number of rotatable bonds is 2. The minimum absolute atomic E-state index is 0.0830. The van der Waals surface area contributed by atoms with E-state index in [-0.39, 0.29) is 17.6 Å². The minimum atomic E-state index is -0.180. The smallest absolute Gasteiger partial charge is 0.345 e. The van der Waals surface area contributed by atoms with Crippen molar-refractivity contribution in [2.45, 2.75) is 32.7 Å². The summed E-state index contributed by atoms with van der Waals surface area (Å²) in [6.45, 7) is 6.40. The van der Waals surface area contributed by atoms with Crippen LogP contribution >= 0.6 is 0 Å². The van der Waals surface area contributed by atoms with Crippen LogP contribution < -0.4 is 5.69 Å². The van der Waals surface area contributed by atoms with Gasteiger partial charge in [-0.25, -0.2) is 14.5 Å². The number of hydrogen-bond donors (Lipinski definition) is 0. The van der Waals surface area contributed by atoms with Gasteiger partial charge in [-0.2, -0.15) is 5.10 Å². The normalized spacial score (nSPS) is 12.0. The molecule has 2 aromatic heterocycles. The molecule has 0 N–H and O–H groups in total. The molecule has 0 amide bonds. The molecule has 0 saturated heterocycles. The highest BCUT2D eigenvalue weighted by Crippen LogP contribution is 2.22. The average Bonchev–Trinajstić information content (AvgIpc) is 2.80. The lowest BCUT2D eigenvalue weighted by Gasteiger charge is -2.12. The summed E-state index contributed by atoms with van der Waals surface area (Å²) in [4.78, 5) is 15.7. The van der Waals surface area contributed by atoms with Crippen molar-refractivity contribution >= 4 is 0 Å². The maximum atomic E-state index is 11.6. The van der Waals surface area contributed by atoms with Crippen molar-refractivity contribution < 1.29 is 4.42 Å². The summed E-state index contributed by atoms with van der Waals surface area (Å²) in [5.74, 6) is 1.30. The maximum absolute atomic E-state index is 11.6. The highest BCUT2D eigenvalue weighted by atomic mass is 16.4. The van der Waals surface area contributed by atoms with Crippen molar-refractivity contribution in [1.82, 2.24) is 19.3 Å². The zero-order valence-electron chi connectivity index (χ0n) is 10.5. The molecule has 0 aliphatic heterocycles. The molecule has 0 bridgehead atoms. The first kappa shape index (κ1) is 11.6. The van der Waals surface area contributed by atoms with E-state index in [1.54, 1.807) is 13.2 Å². The first-order valence-electron chi connectivity index (χ1n) is 5.41. The van der Waals surface area contributed by atoms with Crippen molar-refractivity contribution in [3.05, 3.63) is 34.7 Å². The van der Waals surface area contributed by atoms with E-state index in [4.69, 9.17) is 4.42 Å². The van der Waals surface area contributed by atoms with E-state index in [1.165, 1.54) is 15.6 Å². The predicted molar refractivity (Wildman–Crippen MR) is 61.8 cm³/mol. The Bertz CT molecular complexity index is 571. The lowest BCUT2D eigenvalue weighted by molar-refractivity contribution is 0.371. The second kappa shape index (κ2) is 3.87. The summed E-state index contributed by atoms with van der Waals surface area (Å²) in [6.07, 6.45) is 3.17. The topological polar surface area (TPSA) is 65.8 Å². The first-order valence-corrected chi connectivity index (χ1v) is 5.41. The molecule has 0 spiro atoms. The van der Waals surface area contributed by atoms with Gasteiger partial charge in [0.1, 0.15) is 18.6 Å². The van der Waals surface area contributed by atoms with Gasteiger partial charge in [-0.05, 0) is 0 Å². The largest absolute Gasteiger partial charge is 0.443 e. The molecule has 0 aliphatic carbocycles. The van der Waals surface area contributed by atoms with Crippen LogP contribution in [-0.4, -0.2) is 19.3 Å². The molecular formula is C11H16N4O2. The maximum Gasteiger partial charge on any atom is 0.345 e. The Hall–Kier alpha value is -1.85. The molecule has 0 saturated carbocycles. The van der Waals surface area contributed by atoms with E-state index < -0.39 is 0 Å². The monoisotopic (exact) mass is 236 g/mol. The van der Waals surface area contributed by atoms with E-state index in [0.29, 0.717) is 5.89 Å². The minimum Gasteiger partial charge on any atom is -0.443 e. The quantitative estimate of drug-likeness (QED) is 0.777. The van der Waals surface area contributed by atoms with Crippen LogP contribution in [0, 0.1) is 0 Å². The van der Waals surface area contributed by atoms with Crippen molar-refractivity contribution in [3.8, 4) is 0 Å². The van der Waals surface area contributed by atoms with Crippen LogP contribution in [0.1, 0.15) is 32.4 Å². The Kier molecular flexibility index (Phi) is 2.65. The third-order valence-corrected chi connectivity index (χ3v) is 2.46. The molecule has 2 aromatic rings. The van der Waals surface area contributed by atoms with Gasteiger partial charge in [-0.15, -0.1) is 0 Å². The second-order valence-corrected chi connectivity index (χ2v) is 5.05. The molecule has 0 radical (unpaired) electrons. The van der Waals surface area contributed by atoms with Gasteiger partial charge in [0.2, 0.25) is 5.89 Å². The molecular weight excluding hydrogens is 220 g/mol. The van der Waals surface area contributed by atoms with E-state index in [9.17, 15) is 4.79 Å². The van der Waals surface area contributed by atoms with Crippen LogP contribution in [0.5, 0.6) is 0 Å². The summed E-state index contributed by atoms with van der Waals surface area (Å²) in [5.41, 5.74) is -0.263.